The molecule has 0 aromatic heterocycles. The van der Waals surface area contributed by atoms with Gasteiger partial charge in [-0.1, -0.05) is 49.1 Å². The van der Waals surface area contributed by atoms with Crippen molar-refractivity contribution in [2.24, 2.45) is 16.3 Å². The van der Waals surface area contributed by atoms with Gasteiger partial charge in [-0.25, -0.2) is 9.80 Å². The molecule has 1 aromatic rings. The van der Waals surface area contributed by atoms with Crippen LogP contribution in [0.2, 0.25) is 0 Å². The molecule has 0 aliphatic heterocycles. The molecule has 0 bridgehead atoms. The van der Waals surface area contributed by atoms with Crippen molar-refractivity contribution >= 4 is 6.09 Å². The van der Waals surface area contributed by atoms with Crippen LogP contribution in [0.1, 0.15) is 25.3 Å². The van der Waals surface area contributed by atoms with E-state index in [1.54, 1.807) is 12.1 Å². The van der Waals surface area contributed by atoms with E-state index in [4.69, 9.17) is 14.6 Å². The van der Waals surface area contributed by atoms with Gasteiger partial charge in [0.15, 0.2) is 0 Å². The average Bonchev–Trinajstić information content (AvgIpc) is 2.70. The predicted molar refractivity (Wildman–Crippen MR) is 108 cm³/mol. The zero-order valence-corrected chi connectivity index (χ0v) is 16.8. The second-order valence-corrected chi connectivity index (χ2v) is 6.30. The van der Waals surface area contributed by atoms with Gasteiger partial charge < -0.3 is 19.9 Å². The van der Waals surface area contributed by atoms with Crippen molar-refractivity contribution in [2.75, 3.05) is 40.0 Å². The van der Waals surface area contributed by atoms with Crippen LogP contribution in [0.25, 0.3) is 0 Å². The van der Waals surface area contributed by atoms with Gasteiger partial charge >= 0.3 is 6.09 Å². The van der Waals surface area contributed by atoms with Crippen LogP contribution < -0.4 is 5.32 Å². The summed E-state index contributed by atoms with van der Waals surface area (Å²) >= 11 is 0. The van der Waals surface area contributed by atoms with Gasteiger partial charge in [0, 0.05) is 24.8 Å². The van der Waals surface area contributed by atoms with Crippen molar-refractivity contribution in [1.82, 2.24) is 10.3 Å². The Morgan fingerprint density at radius 3 is 2.75 bits per heavy atom. The molecule has 0 aliphatic rings. The summed E-state index contributed by atoms with van der Waals surface area (Å²) in [5, 5.41) is 20.8. The van der Waals surface area contributed by atoms with E-state index in [2.05, 4.69) is 22.2 Å². The van der Waals surface area contributed by atoms with Gasteiger partial charge in [-0.2, -0.15) is 5.11 Å². The summed E-state index contributed by atoms with van der Waals surface area (Å²) in [5.41, 5.74) is 1.86. The highest BCUT2D eigenvalue weighted by Crippen LogP contribution is 2.16. The van der Waals surface area contributed by atoms with Gasteiger partial charge in [0.2, 0.25) is 0 Å². The van der Waals surface area contributed by atoms with E-state index in [0.717, 1.165) is 11.3 Å². The largest absolute Gasteiger partial charge is 0.448 e. The molecule has 28 heavy (non-hydrogen) atoms. The lowest BCUT2D eigenvalue weighted by Gasteiger charge is -2.24. The number of nitrogens with zero attached hydrogens (tertiary/aromatic N) is 3. The minimum Gasteiger partial charge on any atom is -0.448 e. The molecule has 1 aromatic carbocycles. The van der Waals surface area contributed by atoms with Crippen LogP contribution in [0.4, 0.5) is 4.79 Å². The number of aliphatic hydroxyl groups excluding tert-OH is 1. The number of ether oxygens (including phenoxy) is 2. The first-order valence-corrected chi connectivity index (χ1v) is 9.47. The van der Waals surface area contributed by atoms with E-state index in [1.807, 2.05) is 37.3 Å². The van der Waals surface area contributed by atoms with E-state index < -0.39 is 6.09 Å². The minimum atomic E-state index is -0.490. The molecule has 0 saturated carbocycles. The number of nitrogens with one attached hydrogen (secondary N) is 1. The van der Waals surface area contributed by atoms with E-state index in [0.29, 0.717) is 39.1 Å². The Labute approximate surface area is 167 Å². The van der Waals surface area contributed by atoms with Crippen molar-refractivity contribution in [2.45, 2.75) is 26.4 Å². The maximum Gasteiger partial charge on any atom is 0.407 e. The highest BCUT2D eigenvalue weighted by molar-refractivity contribution is 5.66. The quantitative estimate of drug-likeness (QED) is 0.288. The number of unbranched alkanes of at least 4 members (excludes halogenated alkanes) is 1. The molecule has 1 rings (SSSR count). The van der Waals surface area contributed by atoms with E-state index >= 15 is 0 Å². The molecule has 8 nitrogen and oxygen atoms in total. The highest BCUT2D eigenvalue weighted by atomic mass is 16.5. The number of rotatable bonds is 14. The van der Waals surface area contributed by atoms with Crippen LogP contribution in [-0.2, 0) is 16.1 Å². The Hall–Kier alpha value is -2.45. The molecular weight excluding hydrogens is 360 g/mol. The molecule has 1 atom stereocenters. The van der Waals surface area contributed by atoms with Crippen LogP contribution in [0.3, 0.4) is 0 Å². The van der Waals surface area contributed by atoms with Crippen molar-refractivity contribution in [3.05, 3.63) is 48.2 Å². The first kappa shape index (κ1) is 23.6. The second kappa shape index (κ2) is 14.6. The van der Waals surface area contributed by atoms with Crippen molar-refractivity contribution < 1.29 is 19.4 Å². The van der Waals surface area contributed by atoms with Crippen molar-refractivity contribution in [3.63, 3.8) is 0 Å². The maximum atomic E-state index is 11.6. The zero-order valence-electron chi connectivity index (χ0n) is 16.8. The normalized spacial score (nSPS) is 12.0. The monoisotopic (exact) mass is 392 g/mol. The average molecular weight is 393 g/mol. The Kier molecular flexibility index (Phi) is 12.3. The highest BCUT2D eigenvalue weighted by Gasteiger charge is 2.15. The third kappa shape index (κ3) is 10.0. The van der Waals surface area contributed by atoms with Gasteiger partial charge in [-0.15, -0.1) is 0 Å². The standard InChI is InChI=1S/C20H32N4O4/c1-17(15-27-16-19-9-5-4-6-10-19)18(2)24(23-21-3)12-14-28-20(26)22-11-7-8-13-25/h4-6,9-10,17,25H,2,7-8,11-16H2,1,3H3,(H,22,26)/t17-/m1/s1. The van der Waals surface area contributed by atoms with E-state index in [9.17, 15) is 4.79 Å². The van der Waals surface area contributed by atoms with Gasteiger partial charge in [0.25, 0.3) is 0 Å². The number of hydrogen-bond acceptors (Lipinski definition) is 6. The number of carbonyl (C=O) groups excluding carboxylic acids is 1. The van der Waals surface area contributed by atoms with E-state index in [-0.39, 0.29) is 19.1 Å². The molecule has 1 amide bonds. The van der Waals surface area contributed by atoms with Gasteiger partial charge in [0.1, 0.15) is 6.61 Å². The molecule has 0 fully saturated rings. The third-order valence-corrected chi connectivity index (χ3v) is 3.97. The minimum absolute atomic E-state index is 0.0292. The summed E-state index contributed by atoms with van der Waals surface area (Å²) in [4.78, 5) is 11.6. The lowest BCUT2D eigenvalue weighted by atomic mass is 10.1. The Bertz CT molecular complexity index is 595. The van der Waals surface area contributed by atoms with Crippen LogP contribution in [-0.4, -0.2) is 56.2 Å². The number of aliphatic hydroxyl groups is 1. The Morgan fingerprint density at radius 2 is 2.07 bits per heavy atom. The first-order chi connectivity index (χ1) is 13.6. The molecule has 0 heterocycles. The molecule has 0 spiro atoms. The summed E-state index contributed by atoms with van der Waals surface area (Å²) in [6, 6.07) is 9.96. The van der Waals surface area contributed by atoms with Crippen molar-refractivity contribution in [3.8, 4) is 0 Å². The fraction of sp³-hybridized carbons (Fsp3) is 0.550. The number of carbonyl (C=O) groups is 1. The van der Waals surface area contributed by atoms with Crippen LogP contribution >= 0.6 is 0 Å². The fourth-order valence-electron chi connectivity index (χ4n) is 2.34. The molecule has 0 saturated heterocycles. The summed E-state index contributed by atoms with van der Waals surface area (Å²) in [6.45, 7) is 8.20. The van der Waals surface area contributed by atoms with Crippen molar-refractivity contribution in [1.29, 1.82) is 0 Å². The third-order valence-electron chi connectivity index (χ3n) is 3.97. The second-order valence-electron chi connectivity index (χ2n) is 6.30. The topological polar surface area (TPSA) is 95.8 Å². The molecule has 0 aliphatic carbocycles. The Morgan fingerprint density at radius 1 is 1.32 bits per heavy atom. The van der Waals surface area contributed by atoms with Crippen LogP contribution in [0.15, 0.2) is 52.9 Å². The van der Waals surface area contributed by atoms with Gasteiger partial charge in [-0.05, 0) is 18.4 Å². The zero-order chi connectivity index (χ0) is 20.6. The van der Waals surface area contributed by atoms with Crippen LogP contribution in [0, 0.1) is 5.92 Å². The maximum absolute atomic E-state index is 11.6. The molecule has 156 valence electrons. The number of amides is 1. The van der Waals surface area contributed by atoms with Gasteiger partial charge in [0.05, 0.1) is 26.8 Å². The SMILES string of the molecule is C=C([C@H](C)COCc1ccccc1)N(CCOC(=O)NCCCCO)N=NC. The summed E-state index contributed by atoms with van der Waals surface area (Å²) in [6.07, 6.45) is 0.866. The molecule has 8 heteroatoms. The predicted octanol–water partition coefficient (Wildman–Crippen LogP) is 3.15. The summed E-state index contributed by atoms with van der Waals surface area (Å²) in [7, 11) is 1.57. The van der Waals surface area contributed by atoms with Crippen LogP contribution in [0.5, 0.6) is 0 Å². The smallest absolute Gasteiger partial charge is 0.407 e. The Balaban J connectivity index is 2.33. The lowest BCUT2D eigenvalue weighted by Crippen LogP contribution is -2.30. The number of benzene rings is 1. The molecule has 2 N–H and O–H groups in total. The lowest BCUT2D eigenvalue weighted by molar-refractivity contribution is 0.0875. The first-order valence-electron chi connectivity index (χ1n) is 9.47. The fourth-order valence-corrected chi connectivity index (χ4v) is 2.34. The van der Waals surface area contributed by atoms with Gasteiger partial charge in [-0.3, -0.25) is 0 Å². The molecule has 0 radical (unpaired) electrons. The number of alkyl carbamates (subject to hydrolysis) is 1. The number of hydrogen-bond donors (Lipinski definition) is 2. The van der Waals surface area contributed by atoms with E-state index in [1.165, 1.54) is 0 Å². The summed E-state index contributed by atoms with van der Waals surface area (Å²) < 4.78 is 10.9. The molecular formula is C20H32N4O4. The summed E-state index contributed by atoms with van der Waals surface area (Å²) in [5.74, 6) is 0.0292. The molecule has 0 unspecified atom stereocenters.